The standard InChI is InChI=1S/C11H13N7O10S2.2Na/c12-10-15-7(17-29-10)6(16-28-2-4(19)20)8(21)14-5-3(1-27-11(13)23)18(9(5)22)30(24,25)26;;/h3,5H,1-2H2,(H2,13,23)(H,14,21)(H,19,20)(H2,12,15,17)(H,24,25,26);;/t3-,5+;;/m1../s1. The van der Waals surface area contributed by atoms with Crippen molar-refractivity contribution in [2.24, 2.45) is 10.9 Å². The van der Waals surface area contributed by atoms with Crippen LogP contribution in [0, 0.1) is 0 Å². The molecule has 0 spiro atoms. The molecule has 1 aromatic rings. The van der Waals surface area contributed by atoms with E-state index < -0.39 is 65.2 Å². The van der Waals surface area contributed by atoms with Crippen LogP contribution in [0.15, 0.2) is 5.16 Å². The smallest absolute Gasteiger partial charge is 0.404 e. The molecule has 3 amide bonds. The molecule has 0 unspecified atom stereocenters. The number of anilines is 1. The summed E-state index contributed by atoms with van der Waals surface area (Å²) in [6, 6.07) is -3.13. The zero-order valence-corrected chi connectivity index (χ0v) is 22.1. The molecule has 166 valence electrons. The minimum Gasteiger partial charge on any atom is -0.479 e. The number of amides is 3. The summed E-state index contributed by atoms with van der Waals surface area (Å²) < 4.78 is 39.9. The molecule has 1 fully saturated rings. The van der Waals surface area contributed by atoms with E-state index in [4.69, 9.17) is 21.1 Å². The van der Waals surface area contributed by atoms with Gasteiger partial charge >= 0.3 is 22.4 Å². The molecule has 1 aliphatic rings. The van der Waals surface area contributed by atoms with Crippen molar-refractivity contribution in [1.29, 1.82) is 0 Å². The maximum Gasteiger partial charge on any atom is 0.404 e. The van der Waals surface area contributed by atoms with Gasteiger partial charge in [-0.3, -0.25) is 14.1 Å². The van der Waals surface area contributed by atoms with Gasteiger partial charge in [0.25, 0.3) is 11.8 Å². The fraction of sp³-hybridized carbons (Fsp3) is 0.364. The Morgan fingerprint density at radius 1 is 1.31 bits per heavy atom. The molecule has 0 aliphatic carbocycles. The molecule has 1 saturated heterocycles. The third kappa shape index (κ3) is 7.78. The van der Waals surface area contributed by atoms with Gasteiger partial charge in [-0.25, -0.2) is 13.9 Å². The number of hydrogen-bond acceptors (Lipinski definition) is 13. The van der Waals surface area contributed by atoms with Crippen molar-refractivity contribution >= 4 is 116 Å². The topological polar surface area (TPSA) is 267 Å². The number of rotatable bonds is 9. The Morgan fingerprint density at radius 3 is 2.41 bits per heavy atom. The summed E-state index contributed by atoms with van der Waals surface area (Å²) in [6.45, 7) is -1.71. The van der Waals surface area contributed by atoms with Gasteiger partial charge in [0.05, 0.1) is 0 Å². The van der Waals surface area contributed by atoms with E-state index in [1.165, 1.54) is 0 Å². The Balaban J connectivity index is 0.00000480. The van der Waals surface area contributed by atoms with Gasteiger partial charge in [0.15, 0.2) is 5.13 Å². The van der Waals surface area contributed by atoms with Crippen LogP contribution in [-0.2, 0) is 34.3 Å². The summed E-state index contributed by atoms with van der Waals surface area (Å²) in [6.07, 6.45) is -1.30. The van der Waals surface area contributed by atoms with Crippen molar-refractivity contribution in [2.75, 3.05) is 18.9 Å². The average molecular weight is 513 g/mol. The molecule has 0 bridgehead atoms. The Bertz CT molecular complexity index is 1020. The number of carboxylic acid groups (broad SMARTS) is 1. The maximum atomic E-state index is 12.5. The molecule has 32 heavy (non-hydrogen) atoms. The average Bonchev–Trinajstić information content (AvgIpc) is 3.04. The van der Waals surface area contributed by atoms with E-state index in [1.54, 1.807) is 0 Å². The zero-order chi connectivity index (χ0) is 22.6. The van der Waals surface area contributed by atoms with Crippen LogP contribution >= 0.6 is 11.5 Å². The number of nitrogens with zero attached hydrogens (tertiary/aromatic N) is 4. The number of ether oxygens (including phenoxy) is 1. The SMILES string of the molecule is NC(=O)OC[C@@H]1[C@H](NC(=O)C(=NOCC(=O)O)c2nsc(N)n2)C(=O)N1S(=O)(=O)O.[Na].[Na]. The predicted octanol–water partition coefficient (Wildman–Crippen LogP) is -4.24. The molecule has 0 aromatic carbocycles. The first kappa shape index (κ1) is 30.4. The number of β-lactam (4-membered cyclic amide) rings is 1. The number of nitrogen functional groups attached to an aromatic ring is 1. The maximum absolute atomic E-state index is 12.5. The number of aliphatic carboxylic acids is 1. The summed E-state index contributed by atoms with van der Waals surface area (Å²) >= 11 is 0.670. The van der Waals surface area contributed by atoms with Crippen molar-refractivity contribution in [2.45, 2.75) is 12.1 Å². The van der Waals surface area contributed by atoms with Gasteiger partial charge in [0.1, 0.15) is 18.7 Å². The second-order valence-corrected chi connectivity index (χ2v) is 7.40. The van der Waals surface area contributed by atoms with Crippen LogP contribution in [0.3, 0.4) is 0 Å². The Labute approximate surface area is 227 Å². The van der Waals surface area contributed by atoms with Crippen LogP contribution in [0.4, 0.5) is 9.93 Å². The number of oxime groups is 1. The van der Waals surface area contributed by atoms with Gasteiger partial charge in [-0.2, -0.15) is 17.8 Å². The molecular weight excluding hydrogens is 500 g/mol. The van der Waals surface area contributed by atoms with Crippen molar-refractivity contribution in [3.8, 4) is 0 Å². The molecular formula is C11H13N7Na2O10S2. The minimum atomic E-state index is -5.03. The van der Waals surface area contributed by atoms with Gasteiger partial charge in [0.2, 0.25) is 18.1 Å². The van der Waals surface area contributed by atoms with E-state index >= 15 is 0 Å². The Kier molecular flexibility index (Phi) is 12.0. The van der Waals surface area contributed by atoms with Crippen LogP contribution in [0.1, 0.15) is 5.82 Å². The number of primary amides is 1. The minimum absolute atomic E-state index is 0. The van der Waals surface area contributed by atoms with Crippen LogP contribution in [0.5, 0.6) is 0 Å². The first-order valence-corrected chi connectivity index (χ1v) is 9.64. The quantitative estimate of drug-likeness (QED) is 0.0689. The number of aromatic nitrogens is 2. The first-order chi connectivity index (χ1) is 13.9. The van der Waals surface area contributed by atoms with Gasteiger partial charge in [0, 0.05) is 70.6 Å². The van der Waals surface area contributed by atoms with Gasteiger partial charge in [-0.15, -0.1) is 0 Å². The third-order valence-corrected chi connectivity index (χ3v) is 4.80. The molecule has 7 N–H and O–H groups in total. The number of carbonyl (C=O) groups excluding carboxylic acids is 3. The summed E-state index contributed by atoms with van der Waals surface area (Å²) in [5.74, 6) is -4.23. The summed E-state index contributed by atoms with van der Waals surface area (Å²) in [4.78, 5) is 54.1. The van der Waals surface area contributed by atoms with Crippen LogP contribution < -0.4 is 16.8 Å². The van der Waals surface area contributed by atoms with E-state index in [1.807, 2.05) is 0 Å². The number of nitrogens with one attached hydrogen (secondary N) is 1. The molecule has 2 atom stereocenters. The predicted molar refractivity (Wildman–Crippen MR) is 106 cm³/mol. The third-order valence-electron chi connectivity index (χ3n) is 3.31. The fourth-order valence-electron chi connectivity index (χ4n) is 2.17. The number of hydrogen-bond donors (Lipinski definition) is 5. The van der Waals surface area contributed by atoms with E-state index in [9.17, 15) is 27.6 Å². The van der Waals surface area contributed by atoms with Crippen LogP contribution in [0.25, 0.3) is 0 Å². The molecule has 2 radical (unpaired) electrons. The van der Waals surface area contributed by atoms with E-state index in [2.05, 4.69) is 29.4 Å². The number of carbonyl (C=O) groups is 4. The van der Waals surface area contributed by atoms with Gasteiger partial charge in [-0.05, 0) is 0 Å². The summed E-state index contributed by atoms with van der Waals surface area (Å²) in [5, 5.41) is 13.9. The fourth-order valence-corrected chi connectivity index (χ4v) is 3.47. The van der Waals surface area contributed by atoms with Gasteiger partial charge < -0.3 is 31.5 Å². The summed E-state index contributed by atoms with van der Waals surface area (Å²) in [5.41, 5.74) is 9.52. The molecule has 2 heterocycles. The monoisotopic (exact) mass is 513 g/mol. The second kappa shape index (κ2) is 12.6. The molecule has 2 rings (SSSR count). The van der Waals surface area contributed by atoms with Crippen molar-refractivity contribution in [3.63, 3.8) is 0 Å². The molecule has 1 aliphatic heterocycles. The number of carboxylic acids is 1. The molecule has 17 nitrogen and oxygen atoms in total. The van der Waals surface area contributed by atoms with E-state index in [-0.39, 0.29) is 74.4 Å². The van der Waals surface area contributed by atoms with Gasteiger partial charge in [-0.1, -0.05) is 5.16 Å². The molecule has 1 aromatic heterocycles. The second-order valence-electron chi connectivity index (χ2n) is 5.32. The molecule has 21 heteroatoms. The Hall–Kier alpha value is -1.58. The van der Waals surface area contributed by atoms with Crippen molar-refractivity contribution in [3.05, 3.63) is 5.82 Å². The largest absolute Gasteiger partial charge is 0.479 e. The van der Waals surface area contributed by atoms with E-state index in [0.717, 1.165) is 0 Å². The summed E-state index contributed by atoms with van der Waals surface area (Å²) in [7, 11) is -5.03. The first-order valence-electron chi connectivity index (χ1n) is 7.47. The number of nitrogens with two attached hydrogens (primary N) is 2. The normalized spacial score (nSPS) is 17.8. The van der Waals surface area contributed by atoms with E-state index in [0.29, 0.717) is 11.5 Å². The Morgan fingerprint density at radius 2 is 1.94 bits per heavy atom. The zero-order valence-electron chi connectivity index (χ0n) is 16.5. The molecule has 0 saturated carbocycles. The van der Waals surface area contributed by atoms with Crippen molar-refractivity contribution < 1.29 is 46.8 Å². The van der Waals surface area contributed by atoms with Crippen molar-refractivity contribution in [1.82, 2.24) is 19.0 Å². The van der Waals surface area contributed by atoms with Crippen LogP contribution in [0.2, 0.25) is 0 Å². The van der Waals surface area contributed by atoms with Crippen LogP contribution in [-0.4, -0.2) is 146 Å².